The van der Waals surface area contributed by atoms with E-state index < -0.39 is 16.9 Å². The van der Waals surface area contributed by atoms with E-state index in [9.17, 15) is 14.7 Å². The van der Waals surface area contributed by atoms with Crippen LogP contribution in [-0.4, -0.2) is 22.5 Å². The molecule has 1 fully saturated rings. The fraction of sp³-hybridized carbons (Fsp3) is 0.529. The number of nitrogens with one attached hydrogen (secondary N) is 1. The van der Waals surface area contributed by atoms with E-state index in [-0.39, 0.29) is 17.7 Å². The molecule has 1 aromatic rings. The molecule has 2 atom stereocenters. The molecule has 4 heteroatoms. The lowest BCUT2D eigenvalue weighted by Gasteiger charge is -2.38. The summed E-state index contributed by atoms with van der Waals surface area (Å²) in [5.41, 5.74) is -0.660. The fourth-order valence-corrected chi connectivity index (χ4v) is 2.38. The molecule has 2 rings (SSSR count). The Kier molecular flexibility index (Phi) is 3.83. The maximum atomic E-state index is 12.4. The monoisotopic (exact) mass is 289 g/mol. The molecule has 0 spiro atoms. The van der Waals surface area contributed by atoms with Gasteiger partial charge in [-0.1, -0.05) is 30.3 Å². The molecule has 2 N–H and O–H groups in total. The number of hydrogen-bond donors (Lipinski definition) is 2. The number of carbonyl (C=O) groups is 2. The number of benzene rings is 1. The molecule has 0 radical (unpaired) electrons. The first kappa shape index (κ1) is 15.5. The minimum Gasteiger partial charge on any atom is -0.481 e. The van der Waals surface area contributed by atoms with Crippen molar-refractivity contribution < 1.29 is 14.7 Å². The van der Waals surface area contributed by atoms with Gasteiger partial charge in [0.05, 0.1) is 5.41 Å². The standard InChI is InChI=1S/C17H23NO3/c1-16(2,15(20)21)17(3,4)18-14(19)13-10-12(13)11-8-6-5-7-9-11/h5-9,12-13H,10H2,1-4H3,(H,18,19)(H,20,21)/t12-,13-/m1/s1. The van der Waals surface area contributed by atoms with Crippen molar-refractivity contribution >= 4 is 11.9 Å². The molecule has 1 aliphatic carbocycles. The maximum Gasteiger partial charge on any atom is 0.311 e. The van der Waals surface area contributed by atoms with E-state index in [1.54, 1.807) is 27.7 Å². The summed E-state index contributed by atoms with van der Waals surface area (Å²) in [4.78, 5) is 23.7. The zero-order chi connectivity index (χ0) is 15.8. The van der Waals surface area contributed by atoms with E-state index in [1.807, 2.05) is 30.3 Å². The fourth-order valence-electron chi connectivity index (χ4n) is 2.38. The second kappa shape index (κ2) is 5.17. The molecule has 0 aliphatic heterocycles. The van der Waals surface area contributed by atoms with Crippen molar-refractivity contribution in [3.63, 3.8) is 0 Å². The van der Waals surface area contributed by atoms with Gasteiger partial charge in [-0.05, 0) is 45.6 Å². The third-order valence-corrected chi connectivity index (χ3v) is 4.89. The number of carboxylic acid groups (broad SMARTS) is 1. The van der Waals surface area contributed by atoms with E-state index in [0.29, 0.717) is 0 Å². The predicted molar refractivity (Wildman–Crippen MR) is 80.9 cm³/mol. The van der Waals surface area contributed by atoms with Gasteiger partial charge in [0, 0.05) is 11.5 Å². The van der Waals surface area contributed by atoms with Crippen molar-refractivity contribution in [2.45, 2.75) is 45.6 Å². The van der Waals surface area contributed by atoms with Crippen molar-refractivity contribution in [1.29, 1.82) is 0 Å². The van der Waals surface area contributed by atoms with Crippen molar-refractivity contribution in [1.82, 2.24) is 5.32 Å². The molecule has 114 valence electrons. The third kappa shape index (κ3) is 2.94. The van der Waals surface area contributed by atoms with Gasteiger partial charge in [0.25, 0.3) is 0 Å². The van der Waals surface area contributed by atoms with Gasteiger partial charge in [-0.2, -0.15) is 0 Å². The van der Waals surface area contributed by atoms with Crippen LogP contribution in [0.1, 0.15) is 45.6 Å². The topological polar surface area (TPSA) is 66.4 Å². The Bertz CT molecular complexity index is 548. The first-order chi connectivity index (χ1) is 9.67. The summed E-state index contributed by atoms with van der Waals surface area (Å²) in [5, 5.41) is 12.2. The minimum atomic E-state index is -1.03. The van der Waals surface area contributed by atoms with E-state index in [4.69, 9.17) is 0 Å². The highest BCUT2D eigenvalue weighted by Gasteiger charge is 2.49. The van der Waals surface area contributed by atoms with Crippen LogP contribution in [0, 0.1) is 11.3 Å². The Morgan fingerprint density at radius 2 is 1.71 bits per heavy atom. The number of carbonyl (C=O) groups excluding carboxylic acids is 1. The molecule has 1 saturated carbocycles. The molecule has 1 aromatic carbocycles. The Balaban J connectivity index is 2.02. The Hall–Kier alpha value is -1.84. The lowest BCUT2D eigenvalue weighted by molar-refractivity contribution is -0.151. The smallest absolute Gasteiger partial charge is 0.311 e. The van der Waals surface area contributed by atoms with Crippen molar-refractivity contribution in [3.05, 3.63) is 35.9 Å². The maximum absolute atomic E-state index is 12.4. The normalized spacial score (nSPS) is 21.7. The largest absolute Gasteiger partial charge is 0.481 e. The lowest BCUT2D eigenvalue weighted by atomic mass is 9.74. The van der Waals surface area contributed by atoms with Gasteiger partial charge in [-0.25, -0.2) is 0 Å². The molecule has 1 aliphatic rings. The first-order valence-corrected chi connectivity index (χ1v) is 7.27. The van der Waals surface area contributed by atoms with Gasteiger partial charge in [-0.3, -0.25) is 9.59 Å². The number of rotatable bonds is 5. The quantitative estimate of drug-likeness (QED) is 0.876. The molecular formula is C17H23NO3. The van der Waals surface area contributed by atoms with Crippen LogP contribution in [0.5, 0.6) is 0 Å². The average molecular weight is 289 g/mol. The SMILES string of the molecule is CC(C)(NC(=O)[C@@H]1C[C@@H]1c1ccccc1)C(C)(C)C(=O)O. The van der Waals surface area contributed by atoms with Gasteiger partial charge in [0.2, 0.25) is 5.91 Å². The number of amides is 1. The van der Waals surface area contributed by atoms with Gasteiger partial charge < -0.3 is 10.4 Å². The summed E-state index contributed by atoms with van der Waals surface area (Å²) in [5.74, 6) is -0.752. The van der Waals surface area contributed by atoms with Gasteiger partial charge in [0.1, 0.15) is 0 Å². The summed E-state index contributed by atoms with van der Waals surface area (Å²) in [6.45, 7) is 6.80. The third-order valence-electron chi connectivity index (χ3n) is 4.89. The number of hydrogen-bond acceptors (Lipinski definition) is 2. The molecule has 0 bridgehead atoms. The van der Waals surface area contributed by atoms with Gasteiger partial charge in [0.15, 0.2) is 0 Å². The first-order valence-electron chi connectivity index (χ1n) is 7.27. The zero-order valence-electron chi connectivity index (χ0n) is 13.0. The molecule has 0 saturated heterocycles. The highest BCUT2D eigenvalue weighted by molar-refractivity contribution is 5.85. The molecule has 0 unspecified atom stereocenters. The second-order valence-corrected chi connectivity index (χ2v) is 6.90. The average Bonchev–Trinajstić information content (AvgIpc) is 3.19. The van der Waals surface area contributed by atoms with Crippen LogP contribution >= 0.6 is 0 Å². The van der Waals surface area contributed by atoms with Crippen LogP contribution in [0.15, 0.2) is 30.3 Å². The van der Waals surface area contributed by atoms with E-state index in [0.717, 1.165) is 6.42 Å². The van der Waals surface area contributed by atoms with Crippen LogP contribution in [0.25, 0.3) is 0 Å². The van der Waals surface area contributed by atoms with Crippen LogP contribution in [0.2, 0.25) is 0 Å². The second-order valence-electron chi connectivity index (χ2n) is 6.90. The highest BCUT2D eigenvalue weighted by Crippen LogP contribution is 2.48. The van der Waals surface area contributed by atoms with Crippen LogP contribution < -0.4 is 5.32 Å². The Labute approximate surface area is 125 Å². The molecule has 1 amide bonds. The Morgan fingerprint density at radius 3 is 2.24 bits per heavy atom. The van der Waals surface area contributed by atoms with E-state index >= 15 is 0 Å². The highest BCUT2D eigenvalue weighted by atomic mass is 16.4. The summed E-state index contributed by atoms with van der Waals surface area (Å²) in [6.07, 6.45) is 0.833. The van der Waals surface area contributed by atoms with E-state index in [2.05, 4.69) is 5.32 Å². The van der Waals surface area contributed by atoms with Gasteiger partial charge >= 0.3 is 5.97 Å². The molecular weight excluding hydrogens is 266 g/mol. The van der Waals surface area contributed by atoms with Gasteiger partial charge in [-0.15, -0.1) is 0 Å². The van der Waals surface area contributed by atoms with Crippen LogP contribution in [0.3, 0.4) is 0 Å². The van der Waals surface area contributed by atoms with Crippen LogP contribution in [-0.2, 0) is 9.59 Å². The molecule has 0 aromatic heterocycles. The molecule has 4 nitrogen and oxygen atoms in total. The van der Waals surface area contributed by atoms with Crippen molar-refractivity contribution in [3.8, 4) is 0 Å². The molecule has 21 heavy (non-hydrogen) atoms. The number of aliphatic carboxylic acids is 1. The van der Waals surface area contributed by atoms with Crippen molar-refractivity contribution in [2.24, 2.45) is 11.3 Å². The molecule has 0 heterocycles. The number of carboxylic acids is 1. The van der Waals surface area contributed by atoms with Crippen molar-refractivity contribution in [2.75, 3.05) is 0 Å². The summed E-state index contributed by atoms with van der Waals surface area (Å²) < 4.78 is 0. The summed E-state index contributed by atoms with van der Waals surface area (Å²) in [6, 6.07) is 9.97. The lowest BCUT2D eigenvalue weighted by Crippen LogP contribution is -2.57. The predicted octanol–water partition coefficient (Wildman–Crippen LogP) is 2.80. The van der Waals surface area contributed by atoms with E-state index in [1.165, 1.54) is 5.56 Å². The summed E-state index contributed by atoms with van der Waals surface area (Å²) in [7, 11) is 0. The Morgan fingerprint density at radius 1 is 1.14 bits per heavy atom. The zero-order valence-corrected chi connectivity index (χ0v) is 13.0. The van der Waals surface area contributed by atoms with Crippen LogP contribution in [0.4, 0.5) is 0 Å². The summed E-state index contributed by atoms with van der Waals surface area (Å²) >= 11 is 0. The minimum absolute atomic E-state index is 0.0451.